The predicted octanol–water partition coefficient (Wildman–Crippen LogP) is 2.76. The molecule has 0 aromatic heterocycles. The van der Waals surface area contributed by atoms with E-state index in [1.54, 1.807) is 0 Å². The Bertz CT molecular complexity index is 84.7. The zero-order valence-corrected chi connectivity index (χ0v) is 6.97. The van der Waals surface area contributed by atoms with Crippen LogP contribution in [0.15, 0.2) is 0 Å². The van der Waals surface area contributed by atoms with Crippen LogP contribution in [-0.4, -0.2) is 6.10 Å². The zero-order chi connectivity index (χ0) is 7.40. The van der Waals surface area contributed by atoms with Crippen LogP contribution in [0.2, 0.25) is 0 Å². The topological polar surface area (TPSA) is 9.23 Å². The number of hydrogen-bond donors (Lipinski definition) is 0. The summed E-state index contributed by atoms with van der Waals surface area (Å²) >= 11 is 0. The summed E-state index contributed by atoms with van der Waals surface area (Å²) in [4.78, 5) is 0. The standard InChI is InChI=1S/C9H17O/c1-8(2)6-7-10-9-4-3-5-9/h7-9H,3-6H2,1-2H3. The van der Waals surface area contributed by atoms with E-state index in [-0.39, 0.29) is 0 Å². The highest BCUT2D eigenvalue weighted by Crippen LogP contribution is 2.23. The first-order chi connectivity index (χ1) is 4.79. The molecule has 0 heterocycles. The summed E-state index contributed by atoms with van der Waals surface area (Å²) in [6.07, 6.45) is 5.57. The Labute approximate surface area is 63.8 Å². The number of ether oxygens (including phenoxy) is 1. The molecule has 0 N–H and O–H groups in total. The molecule has 0 atom stereocenters. The maximum atomic E-state index is 5.46. The molecule has 59 valence electrons. The van der Waals surface area contributed by atoms with Gasteiger partial charge in [-0.3, -0.25) is 0 Å². The van der Waals surface area contributed by atoms with Gasteiger partial charge in [0.2, 0.25) is 0 Å². The predicted molar refractivity (Wildman–Crippen MR) is 42.5 cm³/mol. The fraction of sp³-hybridized carbons (Fsp3) is 0.889. The van der Waals surface area contributed by atoms with Crippen LogP contribution >= 0.6 is 0 Å². The summed E-state index contributed by atoms with van der Waals surface area (Å²) in [6.45, 7) is 6.40. The van der Waals surface area contributed by atoms with E-state index >= 15 is 0 Å². The Morgan fingerprint density at radius 2 is 2.20 bits per heavy atom. The highest BCUT2D eigenvalue weighted by Gasteiger charge is 2.17. The minimum Gasteiger partial charge on any atom is -0.372 e. The highest BCUT2D eigenvalue weighted by atomic mass is 16.5. The van der Waals surface area contributed by atoms with E-state index in [1.807, 2.05) is 6.61 Å². The van der Waals surface area contributed by atoms with E-state index in [2.05, 4.69) is 13.8 Å². The van der Waals surface area contributed by atoms with Crippen molar-refractivity contribution in [1.82, 2.24) is 0 Å². The second-order valence-corrected chi connectivity index (χ2v) is 3.49. The minimum absolute atomic E-state index is 0.568. The second-order valence-electron chi connectivity index (χ2n) is 3.49. The lowest BCUT2D eigenvalue weighted by Gasteiger charge is -2.25. The summed E-state index contributed by atoms with van der Waals surface area (Å²) in [5, 5.41) is 0. The molecular formula is C9H17O. The molecule has 0 aromatic rings. The van der Waals surface area contributed by atoms with Crippen molar-refractivity contribution in [2.45, 2.75) is 45.6 Å². The van der Waals surface area contributed by atoms with Gasteiger partial charge in [0.25, 0.3) is 0 Å². The minimum atomic E-state index is 0.568. The third-order valence-corrected chi connectivity index (χ3v) is 1.91. The van der Waals surface area contributed by atoms with E-state index < -0.39 is 0 Å². The smallest absolute Gasteiger partial charge is 0.0843 e. The molecule has 1 saturated carbocycles. The molecule has 1 nitrogen and oxygen atoms in total. The summed E-state index contributed by atoms with van der Waals surface area (Å²) < 4.78 is 5.46. The Balaban J connectivity index is 1.85. The van der Waals surface area contributed by atoms with Crippen molar-refractivity contribution in [1.29, 1.82) is 0 Å². The fourth-order valence-electron chi connectivity index (χ4n) is 0.891. The molecule has 1 radical (unpaired) electrons. The molecule has 0 saturated heterocycles. The average molecular weight is 141 g/mol. The maximum Gasteiger partial charge on any atom is 0.0843 e. The van der Waals surface area contributed by atoms with Gasteiger partial charge in [-0.15, -0.1) is 0 Å². The van der Waals surface area contributed by atoms with Crippen LogP contribution in [0, 0.1) is 12.5 Å². The molecule has 0 aromatic carbocycles. The lowest BCUT2D eigenvalue weighted by atomic mass is 9.96. The monoisotopic (exact) mass is 141 g/mol. The van der Waals surface area contributed by atoms with Crippen LogP contribution in [0.3, 0.4) is 0 Å². The van der Waals surface area contributed by atoms with Gasteiger partial charge < -0.3 is 4.74 Å². The normalized spacial score (nSPS) is 19.5. The van der Waals surface area contributed by atoms with Crippen LogP contribution in [0.1, 0.15) is 39.5 Å². The average Bonchev–Trinajstić information content (AvgIpc) is 1.75. The van der Waals surface area contributed by atoms with Crippen molar-refractivity contribution in [3.05, 3.63) is 6.61 Å². The van der Waals surface area contributed by atoms with Crippen LogP contribution in [0.25, 0.3) is 0 Å². The first-order valence-electron chi connectivity index (χ1n) is 4.26. The first kappa shape index (κ1) is 8.06. The molecule has 1 rings (SSSR count). The molecule has 0 amide bonds. The van der Waals surface area contributed by atoms with Gasteiger partial charge in [-0.1, -0.05) is 13.8 Å². The Morgan fingerprint density at radius 3 is 2.60 bits per heavy atom. The molecule has 1 aliphatic carbocycles. The molecule has 0 aliphatic heterocycles. The zero-order valence-electron chi connectivity index (χ0n) is 6.97. The van der Waals surface area contributed by atoms with Crippen LogP contribution in [0.5, 0.6) is 0 Å². The second kappa shape index (κ2) is 3.97. The van der Waals surface area contributed by atoms with E-state index in [4.69, 9.17) is 4.74 Å². The van der Waals surface area contributed by atoms with Gasteiger partial charge >= 0.3 is 0 Å². The molecule has 1 fully saturated rings. The molecule has 10 heavy (non-hydrogen) atoms. The maximum absolute atomic E-state index is 5.46. The first-order valence-corrected chi connectivity index (χ1v) is 4.26. The van der Waals surface area contributed by atoms with E-state index in [0.29, 0.717) is 6.10 Å². The molecular weight excluding hydrogens is 124 g/mol. The Kier molecular flexibility index (Phi) is 3.20. The Morgan fingerprint density at radius 1 is 1.50 bits per heavy atom. The van der Waals surface area contributed by atoms with Gasteiger partial charge in [-0.05, 0) is 31.6 Å². The molecule has 1 heteroatoms. The van der Waals surface area contributed by atoms with Gasteiger partial charge in [0.05, 0.1) is 12.7 Å². The quantitative estimate of drug-likeness (QED) is 0.585. The van der Waals surface area contributed by atoms with Gasteiger partial charge in [-0.2, -0.15) is 0 Å². The lowest BCUT2D eigenvalue weighted by molar-refractivity contribution is 0.0376. The number of rotatable bonds is 4. The van der Waals surface area contributed by atoms with Gasteiger partial charge in [-0.25, -0.2) is 0 Å². The SMILES string of the molecule is CC(C)C[CH]OC1CCC1. The molecule has 0 spiro atoms. The third-order valence-electron chi connectivity index (χ3n) is 1.91. The van der Waals surface area contributed by atoms with Gasteiger partial charge in [0.1, 0.15) is 0 Å². The summed E-state index contributed by atoms with van der Waals surface area (Å²) in [5.74, 6) is 0.736. The van der Waals surface area contributed by atoms with Crippen LogP contribution < -0.4 is 0 Å². The van der Waals surface area contributed by atoms with Crippen molar-refractivity contribution in [3.8, 4) is 0 Å². The van der Waals surface area contributed by atoms with Crippen molar-refractivity contribution >= 4 is 0 Å². The Hall–Kier alpha value is -0.0400. The molecule has 0 bridgehead atoms. The van der Waals surface area contributed by atoms with Crippen LogP contribution in [0.4, 0.5) is 0 Å². The fourth-order valence-corrected chi connectivity index (χ4v) is 0.891. The van der Waals surface area contributed by atoms with Crippen molar-refractivity contribution in [2.24, 2.45) is 5.92 Å². The van der Waals surface area contributed by atoms with Crippen molar-refractivity contribution in [2.75, 3.05) is 0 Å². The summed E-state index contributed by atoms with van der Waals surface area (Å²) in [6, 6.07) is 0. The lowest BCUT2D eigenvalue weighted by Crippen LogP contribution is -2.20. The van der Waals surface area contributed by atoms with Crippen LogP contribution in [-0.2, 0) is 4.74 Å². The van der Waals surface area contributed by atoms with E-state index in [1.165, 1.54) is 19.3 Å². The largest absolute Gasteiger partial charge is 0.372 e. The summed E-state index contributed by atoms with van der Waals surface area (Å²) in [7, 11) is 0. The molecule has 1 aliphatic rings. The number of hydrogen-bond acceptors (Lipinski definition) is 1. The highest BCUT2D eigenvalue weighted by molar-refractivity contribution is 4.71. The van der Waals surface area contributed by atoms with Crippen molar-refractivity contribution in [3.63, 3.8) is 0 Å². The van der Waals surface area contributed by atoms with Gasteiger partial charge in [0.15, 0.2) is 0 Å². The summed E-state index contributed by atoms with van der Waals surface area (Å²) in [5.41, 5.74) is 0. The van der Waals surface area contributed by atoms with E-state index in [0.717, 1.165) is 12.3 Å². The molecule has 0 unspecified atom stereocenters. The van der Waals surface area contributed by atoms with Gasteiger partial charge in [0, 0.05) is 0 Å². The van der Waals surface area contributed by atoms with E-state index in [9.17, 15) is 0 Å². The van der Waals surface area contributed by atoms with Crippen molar-refractivity contribution < 1.29 is 4.74 Å². The third kappa shape index (κ3) is 2.70.